The lowest BCUT2D eigenvalue weighted by Crippen LogP contribution is -2.40. The minimum atomic E-state index is -0.0921. The van der Waals surface area contributed by atoms with Crippen LogP contribution in [0.3, 0.4) is 0 Å². The summed E-state index contributed by atoms with van der Waals surface area (Å²) in [7, 11) is 1.51. The van der Waals surface area contributed by atoms with Crippen molar-refractivity contribution in [2.45, 2.75) is 19.8 Å². The summed E-state index contributed by atoms with van der Waals surface area (Å²) in [6, 6.07) is 3.13. The molecule has 0 spiro atoms. The first-order valence-corrected chi connectivity index (χ1v) is 8.16. The molecule has 1 saturated heterocycles. The van der Waals surface area contributed by atoms with E-state index >= 15 is 0 Å². The minimum absolute atomic E-state index is 0.0921. The van der Waals surface area contributed by atoms with Gasteiger partial charge in [0.1, 0.15) is 5.75 Å². The number of likely N-dealkylation sites (tertiary alicyclic amines) is 1. The van der Waals surface area contributed by atoms with Gasteiger partial charge in [0.2, 0.25) is 0 Å². The molecular weight excluding hydrogens is 325 g/mol. The summed E-state index contributed by atoms with van der Waals surface area (Å²) in [5.41, 5.74) is 0.436. The fourth-order valence-corrected chi connectivity index (χ4v) is 3.17. The molecule has 1 amide bonds. The summed E-state index contributed by atoms with van der Waals surface area (Å²) in [6.45, 7) is 3.60. The molecule has 122 valence electrons. The van der Waals surface area contributed by atoms with E-state index in [0.29, 0.717) is 40.4 Å². The van der Waals surface area contributed by atoms with Crippen LogP contribution in [0, 0.1) is 11.8 Å². The molecule has 2 rings (SSSR count). The molecule has 1 heterocycles. The van der Waals surface area contributed by atoms with Gasteiger partial charge in [-0.1, -0.05) is 30.1 Å². The number of aliphatic hydroxyl groups is 1. The molecule has 22 heavy (non-hydrogen) atoms. The molecule has 1 fully saturated rings. The topological polar surface area (TPSA) is 49.8 Å². The zero-order valence-corrected chi connectivity index (χ0v) is 14.3. The highest BCUT2D eigenvalue weighted by Gasteiger charge is 2.28. The Balaban J connectivity index is 2.12. The maximum atomic E-state index is 12.7. The van der Waals surface area contributed by atoms with Gasteiger partial charge in [-0.05, 0) is 30.7 Å². The van der Waals surface area contributed by atoms with Crippen LogP contribution in [0.1, 0.15) is 30.1 Å². The summed E-state index contributed by atoms with van der Waals surface area (Å²) in [4.78, 5) is 14.5. The third-order valence-corrected chi connectivity index (χ3v) is 5.11. The molecule has 1 N–H and O–H groups in total. The number of methoxy groups -OCH3 is 1. The lowest BCUT2D eigenvalue weighted by atomic mass is 9.86. The highest BCUT2D eigenvalue weighted by atomic mass is 35.5. The van der Waals surface area contributed by atoms with Crippen molar-refractivity contribution in [2.24, 2.45) is 11.8 Å². The van der Waals surface area contributed by atoms with Crippen molar-refractivity contribution < 1.29 is 14.6 Å². The molecule has 0 bridgehead atoms. The third kappa shape index (κ3) is 3.67. The van der Waals surface area contributed by atoms with E-state index in [9.17, 15) is 9.90 Å². The van der Waals surface area contributed by atoms with Crippen LogP contribution in [-0.4, -0.2) is 42.7 Å². The molecule has 0 aliphatic carbocycles. The van der Waals surface area contributed by atoms with Crippen LogP contribution in [0.5, 0.6) is 5.75 Å². The Morgan fingerprint density at radius 2 is 1.95 bits per heavy atom. The Hall–Kier alpha value is -0.970. The first-order valence-electron chi connectivity index (χ1n) is 7.41. The molecule has 0 radical (unpaired) electrons. The van der Waals surface area contributed by atoms with Crippen LogP contribution < -0.4 is 4.74 Å². The van der Waals surface area contributed by atoms with Gasteiger partial charge in [-0.15, -0.1) is 0 Å². The maximum Gasteiger partial charge on any atom is 0.257 e. The fourth-order valence-electron chi connectivity index (χ4n) is 2.86. The number of benzene rings is 1. The third-order valence-electron chi connectivity index (χ3n) is 4.39. The molecule has 1 aliphatic rings. The Morgan fingerprint density at radius 1 is 1.36 bits per heavy atom. The molecule has 1 aliphatic heterocycles. The molecule has 1 aromatic rings. The van der Waals surface area contributed by atoms with E-state index in [-0.39, 0.29) is 18.4 Å². The Morgan fingerprint density at radius 3 is 2.50 bits per heavy atom. The molecule has 1 unspecified atom stereocenters. The van der Waals surface area contributed by atoms with Gasteiger partial charge in [-0.2, -0.15) is 0 Å². The monoisotopic (exact) mass is 345 g/mol. The van der Waals surface area contributed by atoms with Crippen LogP contribution in [-0.2, 0) is 0 Å². The van der Waals surface area contributed by atoms with E-state index in [1.807, 2.05) is 11.8 Å². The highest BCUT2D eigenvalue weighted by Crippen LogP contribution is 2.32. The van der Waals surface area contributed by atoms with Gasteiger partial charge in [0.05, 0.1) is 22.7 Å². The van der Waals surface area contributed by atoms with Gasteiger partial charge in [0.15, 0.2) is 0 Å². The number of hydrogen-bond acceptors (Lipinski definition) is 3. The summed E-state index contributed by atoms with van der Waals surface area (Å²) < 4.78 is 5.25. The van der Waals surface area contributed by atoms with Crippen LogP contribution >= 0.6 is 23.2 Å². The lowest BCUT2D eigenvalue weighted by Gasteiger charge is -2.34. The van der Waals surface area contributed by atoms with Crippen LogP contribution in [0.15, 0.2) is 12.1 Å². The number of halogens is 2. The van der Waals surface area contributed by atoms with Crippen molar-refractivity contribution in [3.63, 3.8) is 0 Å². The summed E-state index contributed by atoms with van der Waals surface area (Å²) >= 11 is 12.0. The Bertz CT molecular complexity index is 542. The largest absolute Gasteiger partial charge is 0.496 e. The van der Waals surface area contributed by atoms with Crippen molar-refractivity contribution in [3.8, 4) is 5.75 Å². The number of hydrogen-bond donors (Lipinski definition) is 1. The second-order valence-electron chi connectivity index (χ2n) is 5.76. The molecule has 1 aromatic carbocycles. The van der Waals surface area contributed by atoms with Crippen LogP contribution in [0.25, 0.3) is 0 Å². The standard InChI is InChI=1S/C16H21Cl2NO3/c1-10(9-20)11-3-5-19(6-4-11)16(21)12-7-13(17)14(18)8-15(12)22-2/h7-8,10-11,20H,3-6,9H2,1-2H3. The van der Waals surface area contributed by atoms with E-state index in [1.165, 1.54) is 7.11 Å². The fraction of sp³-hybridized carbons (Fsp3) is 0.562. The van der Waals surface area contributed by atoms with Gasteiger partial charge in [-0.25, -0.2) is 0 Å². The molecule has 0 aromatic heterocycles. The number of rotatable bonds is 4. The normalized spacial score (nSPS) is 17.4. The zero-order chi connectivity index (χ0) is 16.3. The molecule has 1 atom stereocenters. The Kier molecular flexibility index (Phi) is 5.95. The molecule has 4 nitrogen and oxygen atoms in total. The van der Waals surface area contributed by atoms with Crippen LogP contribution in [0.2, 0.25) is 10.0 Å². The van der Waals surface area contributed by atoms with Gasteiger partial charge >= 0.3 is 0 Å². The number of carbonyl (C=O) groups excluding carboxylic acids is 1. The number of piperidine rings is 1. The van der Waals surface area contributed by atoms with Crippen molar-refractivity contribution in [1.82, 2.24) is 4.90 Å². The quantitative estimate of drug-likeness (QED) is 0.908. The summed E-state index contributed by atoms with van der Waals surface area (Å²) in [5, 5.41) is 9.95. The maximum absolute atomic E-state index is 12.7. The van der Waals surface area contributed by atoms with E-state index in [2.05, 4.69) is 0 Å². The zero-order valence-electron chi connectivity index (χ0n) is 12.8. The first-order chi connectivity index (χ1) is 10.5. The minimum Gasteiger partial charge on any atom is -0.496 e. The van der Waals surface area contributed by atoms with Crippen molar-refractivity contribution in [3.05, 3.63) is 27.7 Å². The van der Waals surface area contributed by atoms with Gasteiger partial charge in [0, 0.05) is 25.8 Å². The first kappa shape index (κ1) is 17.4. The van der Waals surface area contributed by atoms with Gasteiger partial charge < -0.3 is 14.7 Å². The van der Waals surface area contributed by atoms with Gasteiger partial charge in [0.25, 0.3) is 5.91 Å². The number of amides is 1. The average Bonchev–Trinajstić information content (AvgIpc) is 2.55. The van der Waals surface area contributed by atoms with E-state index in [1.54, 1.807) is 12.1 Å². The van der Waals surface area contributed by atoms with Gasteiger partial charge in [-0.3, -0.25) is 4.79 Å². The highest BCUT2D eigenvalue weighted by molar-refractivity contribution is 6.42. The molecular formula is C16H21Cl2NO3. The predicted molar refractivity (Wildman–Crippen MR) is 87.9 cm³/mol. The number of nitrogens with zero attached hydrogens (tertiary/aromatic N) is 1. The van der Waals surface area contributed by atoms with E-state index in [0.717, 1.165) is 12.8 Å². The molecule has 6 heteroatoms. The number of carbonyl (C=O) groups is 1. The van der Waals surface area contributed by atoms with Crippen LogP contribution in [0.4, 0.5) is 0 Å². The van der Waals surface area contributed by atoms with Crippen molar-refractivity contribution in [1.29, 1.82) is 0 Å². The van der Waals surface area contributed by atoms with Crippen molar-refractivity contribution in [2.75, 3.05) is 26.8 Å². The van der Waals surface area contributed by atoms with E-state index < -0.39 is 0 Å². The Labute approximate surface area is 141 Å². The average molecular weight is 346 g/mol. The second-order valence-corrected chi connectivity index (χ2v) is 6.57. The molecule has 0 saturated carbocycles. The summed E-state index contributed by atoms with van der Waals surface area (Å²) in [5.74, 6) is 1.08. The smallest absolute Gasteiger partial charge is 0.257 e. The summed E-state index contributed by atoms with van der Waals surface area (Å²) in [6.07, 6.45) is 1.80. The SMILES string of the molecule is COc1cc(Cl)c(Cl)cc1C(=O)N1CCC(C(C)CO)CC1. The van der Waals surface area contributed by atoms with Crippen molar-refractivity contribution >= 4 is 29.1 Å². The van der Waals surface area contributed by atoms with E-state index in [4.69, 9.17) is 27.9 Å². The second kappa shape index (κ2) is 7.53. The predicted octanol–water partition coefficient (Wildman–Crippen LogP) is 3.48. The number of aliphatic hydroxyl groups excluding tert-OH is 1. The number of ether oxygens (including phenoxy) is 1. The lowest BCUT2D eigenvalue weighted by molar-refractivity contribution is 0.0629.